The average Bonchev–Trinajstić information content (AvgIpc) is 2.56. The zero-order valence-electron chi connectivity index (χ0n) is 13.9. The summed E-state index contributed by atoms with van der Waals surface area (Å²) in [5.74, 6) is -1.36. The van der Waals surface area contributed by atoms with Crippen molar-refractivity contribution in [1.82, 2.24) is 0 Å². The zero-order valence-corrected chi connectivity index (χ0v) is 15.5. The average molecular weight is 398 g/mol. The molecule has 0 unspecified atom stereocenters. The fraction of sp³-hybridized carbons (Fsp3) is 0.188. The van der Waals surface area contributed by atoms with Crippen molar-refractivity contribution in [3.05, 3.63) is 52.5 Å². The largest absolute Gasteiger partial charge is 0.478 e. The molecule has 0 bridgehead atoms. The van der Waals surface area contributed by atoms with Gasteiger partial charge in [0.05, 0.1) is 21.8 Å². The Morgan fingerprint density at radius 3 is 2.46 bits per heavy atom. The molecule has 0 aliphatic rings. The number of carboxylic acid groups (broad SMARTS) is 1. The maximum Gasteiger partial charge on any atom is 0.337 e. The first-order valence-corrected chi connectivity index (χ1v) is 9.25. The van der Waals surface area contributed by atoms with E-state index in [2.05, 4.69) is 10.3 Å². The summed E-state index contributed by atoms with van der Waals surface area (Å²) in [6.45, 7) is 3.82. The fourth-order valence-electron chi connectivity index (χ4n) is 2.19. The van der Waals surface area contributed by atoms with Crippen molar-refractivity contribution in [2.24, 2.45) is 10.3 Å². The number of carboxylic acids is 1. The molecule has 10 heteroatoms. The van der Waals surface area contributed by atoms with Gasteiger partial charge in [0.1, 0.15) is 0 Å². The number of hydrogen-bond acceptors (Lipinski definition) is 5. The minimum Gasteiger partial charge on any atom is -0.478 e. The number of aryl methyl sites for hydroxylation is 1. The number of halogens is 1. The second-order valence-electron chi connectivity index (χ2n) is 5.30. The summed E-state index contributed by atoms with van der Waals surface area (Å²) in [5, 5.41) is 19.4. The third-order valence-corrected chi connectivity index (χ3v) is 4.58. The second kappa shape index (κ2) is 7.81. The van der Waals surface area contributed by atoms with Gasteiger partial charge in [0.2, 0.25) is 0 Å². The summed E-state index contributed by atoms with van der Waals surface area (Å²) in [4.78, 5) is 11.0. The Kier molecular flexibility index (Phi) is 5.96. The third kappa shape index (κ3) is 4.57. The first-order valence-electron chi connectivity index (χ1n) is 7.43. The Morgan fingerprint density at radius 2 is 1.92 bits per heavy atom. The normalized spacial score (nSPS) is 11.7. The van der Waals surface area contributed by atoms with Crippen LogP contribution in [0.5, 0.6) is 0 Å². The highest BCUT2D eigenvalue weighted by Crippen LogP contribution is 2.27. The SMILES string of the molecule is CCN(N=Nc1ccc(Cl)cc1C)c1ccc(S(=O)(=O)O)cc1C(=O)O. The van der Waals surface area contributed by atoms with Crippen molar-refractivity contribution < 1.29 is 22.9 Å². The molecule has 0 heterocycles. The molecule has 0 saturated carbocycles. The highest BCUT2D eigenvalue weighted by molar-refractivity contribution is 7.85. The Bertz CT molecular complexity index is 976. The van der Waals surface area contributed by atoms with Gasteiger partial charge in [0.15, 0.2) is 0 Å². The van der Waals surface area contributed by atoms with Crippen LogP contribution < -0.4 is 5.01 Å². The van der Waals surface area contributed by atoms with Gasteiger partial charge in [-0.15, -0.1) is 5.11 Å². The molecule has 0 spiro atoms. The van der Waals surface area contributed by atoms with Gasteiger partial charge in [-0.2, -0.15) is 8.42 Å². The van der Waals surface area contributed by atoms with Gasteiger partial charge in [-0.05, 0) is 55.8 Å². The van der Waals surface area contributed by atoms with Crippen molar-refractivity contribution in [2.75, 3.05) is 11.6 Å². The van der Waals surface area contributed by atoms with E-state index >= 15 is 0 Å². The van der Waals surface area contributed by atoms with Crippen molar-refractivity contribution in [3.63, 3.8) is 0 Å². The summed E-state index contributed by atoms with van der Waals surface area (Å²) >= 11 is 5.89. The van der Waals surface area contributed by atoms with E-state index in [1.807, 2.05) is 0 Å². The summed E-state index contributed by atoms with van der Waals surface area (Å²) in [7, 11) is -4.52. The van der Waals surface area contributed by atoms with Gasteiger partial charge in [0, 0.05) is 11.6 Å². The third-order valence-electron chi connectivity index (χ3n) is 3.49. The van der Waals surface area contributed by atoms with Crippen LogP contribution in [0.4, 0.5) is 11.4 Å². The molecule has 0 amide bonds. The molecule has 2 rings (SSSR count). The van der Waals surface area contributed by atoms with Gasteiger partial charge in [-0.3, -0.25) is 4.55 Å². The van der Waals surface area contributed by atoms with Gasteiger partial charge >= 0.3 is 5.97 Å². The highest BCUT2D eigenvalue weighted by atomic mass is 35.5. The number of carbonyl (C=O) groups is 1. The molecule has 8 nitrogen and oxygen atoms in total. The maximum absolute atomic E-state index is 11.5. The van der Waals surface area contributed by atoms with E-state index in [9.17, 15) is 18.3 Å². The lowest BCUT2D eigenvalue weighted by Gasteiger charge is -2.18. The Labute approximate surface area is 155 Å². The van der Waals surface area contributed by atoms with Gasteiger partial charge in [-0.25, -0.2) is 9.80 Å². The minimum atomic E-state index is -4.52. The lowest BCUT2D eigenvalue weighted by Crippen LogP contribution is -2.18. The van der Waals surface area contributed by atoms with Gasteiger partial charge in [-0.1, -0.05) is 16.8 Å². The number of hydrogen-bond donors (Lipinski definition) is 2. The van der Waals surface area contributed by atoms with Crippen LogP contribution in [0.15, 0.2) is 51.6 Å². The summed E-state index contributed by atoms with van der Waals surface area (Å²) in [6.07, 6.45) is 0. The Hall–Kier alpha value is -2.49. The Morgan fingerprint density at radius 1 is 1.23 bits per heavy atom. The van der Waals surface area contributed by atoms with Crippen LogP contribution in [0, 0.1) is 6.92 Å². The van der Waals surface area contributed by atoms with Gasteiger partial charge in [0.25, 0.3) is 10.1 Å². The molecule has 0 aliphatic heterocycles. The molecule has 0 aromatic heterocycles. The summed E-state index contributed by atoms with van der Waals surface area (Å²) in [6, 6.07) is 8.28. The lowest BCUT2D eigenvalue weighted by molar-refractivity contribution is 0.0697. The number of nitrogens with zero attached hydrogens (tertiary/aromatic N) is 3. The molecule has 0 radical (unpaired) electrons. The fourth-order valence-corrected chi connectivity index (χ4v) is 2.92. The Balaban J connectivity index is 2.46. The molecule has 26 heavy (non-hydrogen) atoms. The van der Waals surface area contributed by atoms with Crippen LogP contribution in [-0.2, 0) is 10.1 Å². The number of anilines is 1. The molecule has 2 N–H and O–H groups in total. The van der Waals surface area contributed by atoms with Crippen LogP contribution in [0.1, 0.15) is 22.8 Å². The van der Waals surface area contributed by atoms with E-state index in [0.29, 0.717) is 10.7 Å². The molecule has 2 aromatic carbocycles. The van der Waals surface area contributed by atoms with E-state index < -0.39 is 21.0 Å². The summed E-state index contributed by atoms with van der Waals surface area (Å²) in [5.41, 5.74) is 1.16. The molecule has 0 aliphatic carbocycles. The molecule has 0 fully saturated rings. The van der Waals surface area contributed by atoms with Crippen LogP contribution in [0.2, 0.25) is 5.02 Å². The van der Waals surface area contributed by atoms with Crippen LogP contribution in [-0.4, -0.2) is 30.6 Å². The second-order valence-corrected chi connectivity index (χ2v) is 7.15. The molecular weight excluding hydrogens is 382 g/mol. The number of aromatic carboxylic acids is 1. The zero-order chi connectivity index (χ0) is 19.5. The summed E-state index contributed by atoms with van der Waals surface area (Å²) < 4.78 is 31.6. The number of benzene rings is 2. The first-order chi connectivity index (χ1) is 12.1. The van der Waals surface area contributed by atoms with Crippen molar-refractivity contribution in [2.45, 2.75) is 18.7 Å². The predicted octanol–water partition coefficient (Wildman–Crippen LogP) is 4.12. The van der Waals surface area contributed by atoms with Crippen LogP contribution >= 0.6 is 11.6 Å². The standard InChI is InChI=1S/C16H16ClN3O5S/c1-3-20(19-18-14-6-4-11(17)8-10(14)2)15-7-5-12(26(23,24)25)9-13(15)16(21)22/h4-9H,3H2,1-2H3,(H,21,22)(H,23,24,25). The molecule has 0 saturated heterocycles. The van der Waals surface area contributed by atoms with Gasteiger partial charge < -0.3 is 5.11 Å². The lowest BCUT2D eigenvalue weighted by atomic mass is 10.1. The quantitative estimate of drug-likeness (QED) is 0.429. The van der Waals surface area contributed by atoms with Crippen molar-refractivity contribution in [1.29, 1.82) is 0 Å². The van der Waals surface area contributed by atoms with E-state index in [0.717, 1.165) is 17.7 Å². The van der Waals surface area contributed by atoms with Crippen molar-refractivity contribution >= 4 is 39.1 Å². The van der Waals surface area contributed by atoms with E-state index in [4.69, 9.17) is 16.2 Å². The molecular formula is C16H16ClN3O5S. The molecule has 0 atom stereocenters. The van der Waals surface area contributed by atoms with E-state index in [-0.39, 0.29) is 17.8 Å². The van der Waals surface area contributed by atoms with Crippen molar-refractivity contribution in [3.8, 4) is 0 Å². The van der Waals surface area contributed by atoms with E-state index in [1.165, 1.54) is 11.1 Å². The smallest absolute Gasteiger partial charge is 0.337 e. The molecule has 2 aromatic rings. The monoisotopic (exact) mass is 397 g/mol. The first kappa shape index (κ1) is 19.8. The maximum atomic E-state index is 11.5. The topological polar surface area (TPSA) is 120 Å². The van der Waals surface area contributed by atoms with Crippen LogP contribution in [0.25, 0.3) is 0 Å². The minimum absolute atomic E-state index is 0.141. The van der Waals surface area contributed by atoms with E-state index in [1.54, 1.807) is 32.0 Å². The van der Waals surface area contributed by atoms with Crippen LogP contribution in [0.3, 0.4) is 0 Å². The predicted molar refractivity (Wildman–Crippen MR) is 96.9 cm³/mol. The number of rotatable bonds is 6. The highest BCUT2D eigenvalue weighted by Gasteiger charge is 2.20. The molecule has 138 valence electrons.